The summed E-state index contributed by atoms with van der Waals surface area (Å²) in [5.41, 5.74) is 5.34. The first kappa shape index (κ1) is 10.6. The Morgan fingerprint density at radius 3 is 3.07 bits per heavy atom. The number of nitrogens with zero attached hydrogens (tertiary/aromatic N) is 3. The third-order valence-electron chi connectivity index (χ3n) is 1.64. The number of hydrogen-bond acceptors (Lipinski definition) is 4. The molecule has 1 rings (SSSR count). The van der Waals surface area contributed by atoms with Gasteiger partial charge in [0.15, 0.2) is 5.82 Å². The van der Waals surface area contributed by atoms with Gasteiger partial charge in [-0.3, -0.25) is 4.79 Å². The van der Waals surface area contributed by atoms with E-state index in [0.717, 1.165) is 6.42 Å². The van der Waals surface area contributed by atoms with Crippen molar-refractivity contribution in [3.05, 3.63) is 12.2 Å². The predicted molar refractivity (Wildman–Crippen MR) is 51.2 cm³/mol. The van der Waals surface area contributed by atoms with Crippen molar-refractivity contribution >= 4 is 5.91 Å². The average Bonchev–Trinajstić information content (AvgIpc) is 2.62. The average molecular weight is 197 g/mol. The zero-order valence-corrected chi connectivity index (χ0v) is 8.23. The van der Waals surface area contributed by atoms with E-state index in [0.29, 0.717) is 18.9 Å². The first-order valence-corrected chi connectivity index (χ1v) is 4.61. The summed E-state index contributed by atoms with van der Waals surface area (Å²) < 4.78 is 1.48. The molecular weight excluding hydrogens is 182 g/mol. The molecule has 0 saturated carbocycles. The van der Waals surface area contributed by atoms with Gasteiger partial charge in [0.25, 0.3) is 0 Å². The van der Waals surface area contributed by atoms with Crippen molar-refractivity contribution < 1.29 is 4.79 Å². The molecule has 0 bridgehead atoms. The van der Waals surface area contributed by atoms with Crippen molar-refractivity contribution in [2.75, 3.05) is 6.54 Å². The monoisotopic (exact) mass is 197 g/mol. The summed E-state index contributed by atoms with van der Waals surface area (Å²) in [6.45, 7) is 3.19. The van der Waals surface area contributed by atoms with Crippen molar-refractivity contribution in [1.82, 2.24) is 20.1 Å². The molecule has 0 atom stereocenters. The summed E-state index contributed by atoms with van der Waals surface area (Å²) in [4.78, 5) is 15.2. The second-order valence-electron chi connectivity index (χ2n) is 2.91. The highest BCUT2D eigenvalue weighted by Gasteiger charge is 2.03. The molecule has 6 heteroatoms. The molecule has 6 nitrogen and oxygen atoms in total. The Hall–Kier alpha value is -1.43. The van der Waals surface area contributed by atoms with Gasteiger partial charge in [-0.05, 0) is 6.42 Å². The topological polar surface area (TPSA) is 85.8 Å². The van der Waals surface area contributed by atoms with Gasteiger partial charge in [0, 0.05) is 6.54 Å². The Labute approximate surface area is 82.5 Å². The van der Waals surface area contributed by atoms with Crippen LogP contribution in [0.1, 0.15) is 19.2 Å². The molecule has 14 heavy (non-hydrogen) atoms. The second kappa shape index (κ2) is 5.33. The molecule has 0 aromatic carbocycles. The zero-order chi connectivity index (χ0) is 10.4. The highest BCUT2D eigenvalue weighted by molar-refractivity contribution is 5.75. The summed E-state index contributed by atoms with van der Waals surface area (Å²) in [6.07, 6.45) is 2.44. The van der Waals surface area contributed by atoms with Gasteiger partial charge in [0.2, 0.25) is 5.91 Å². The van der Waals surface area contributed by atoms with Gasteiger partial charge in [-0.25, -0.2) is 9.67 Å². The Kier molecular flexibility index (Phi) is 4.06. The van der Waals surface area contributed by atoms with E-state index in [1.807, 2.05) is 6.92 Å². The lowest BCUT2D eigenvalue weighted by Crippen LogP contribution is -2.28. The Bertz CT molecular complexity index is 296. The van der Waals surface area contributed by atoms with Crippen LogP contribution in [0.4, 0.5) is 0 Å². The molecule has 0 aliphatic carbocycles. The van der Waals surface area contributed by atoms with E-state index < -0.39 is 0 Å². The molecule has 0 spiro atoms. The highest BCUT2D eigenvalue weighted by Crippen LogP contribution is 1.87. The number of aromatic nitrogens is 3. The standard InChI is InChI=1S/C8H15N5O/c1-2-3-10-8(14)5-13-6-11-7(4-9)12-13/h6H,2-5,9H2,1H3,(H,10,14). The van der Waals surface area contributed by atoms with Crippen LogP contribution in [0.25, 0.3) is 0 Å². The number of nitrogens with two attached hydrogens (primary N) is 1. The van der Waals surface area contributed by atoms with E-state index in [4.69, 9.17) is 5.73 Å². The van der Waals surface area contributed by atoms with Crippen LogP contribution in [-0.2, 0) is 17.9 Å². The van der Waals surface area contributed by atoms with E-state index in [1.165, 1.54) is 11.0 Å². The fourth-order valence-corrected chi connectivity index (χ4v) is 0.970. The minimum atomic E-state index is -0.0553. The van der Waals surface area contributed by atoms with Crippen LogP contribution in [-0.4, -0.2) is 27.2 Å². The molecular formula is C8H15N5O. The predicted octanol–water partition coefficient (Wildman–Crippen LogP) is -0.737. The van der Waals surface area contributed by atoms with Crippen molar-refractivity contribution in [3.8, 4) is 0 Å². The van der Waals surface area contributed by atoms with Crippen LogP contribution in [0.2, 0.25) is 0 Å². The molecule has 0 radical (unpaired) electrons. The van der Waals surface area contributed by atoms with Crippen molar-refractivity contribution in [2.24, 2.45) is 5.73 Å². The summed E-state index contributed by atoms with van der Waals surface area (Å²) in [5, 5.41) is 6.75. The lowest BCUT2D eigenvalue weighted by Gasteiger charge is -2.02. The first-order valence-electron chi connectivity index (χ1n) is 4.61. The smallest absolute Gasteiger partial charge is 0.241 e. The fourth-order valence-electron chi connectivity index (χ4n) is 0.970. The largest absolute Gasteiger partial charge is 0.355 e. The quantitative estimate of drug-likeness (QED) is 0.651. The fraction of sp³-hybridized carbons (Fsp3) is 0.625. The van der Waals surface area contributed by atoms with Crippen LogP contribution >= 0.6 is 0 Å². The van der Waals surface area contributed by atoms with Crippen LogP contribution in [0.5, 0.6) is 0 Å². The van der Waals surface area contributed by atoms with E-state index in [9.17, 15) is 4.79 Å². The van der Waals surface area contributed by atoms with E-state index >= 15 is 0 Å². The SMILES string of the molecule is CCCNC(=O)Cn1cnc(CN)n1. The van der Waals surface area contributed by atoms with Gasteiger partial charge in [-0.2, -0.15) is 5.10 Å². The van der Waals surface area contributed by atoms with Crippen LogP contribution < -0.4 is 11.1 Å². The molecule has 1 heterocycles. The number of nitrogens with one attached hydrogen (secondary N) is 1. The number of rotatable bonds is 5. The maximum atomic E-state index is 11.2. The van der Waals surface area contributed by atoms with E-state index in [-0.39, 0.29) is 12.5 Å². The minimum absolute atomic E-state index is 0.0553. The summed E-state index contributed by atoms with van der Waals surface area (Å²) >= 11 is 0. The maximum Gasteiger partial charge on any atom is 0.241 e. The van der Waals surface area contributed by atoms with Gasteiger partial charge < -0.3 is 11.1 Å². The first-order chi connectivity index (χ1) is 6.76. The molecule has 0 aliphatic rings. The zero-order valence-electron chi connectivity index (χ0n) is 8.23. The minimum Gasteiger partial charge on any atom is -0.355 e. The van der Waals surface area contributed by atoms with E-state index in [2.05, 4.69) is 15.4 Å². The van der Waals surface area contributed by atoms with Gasteiger partial charge >= 0.3 is 0 Å². The molecule has 0 fully saturated rings. The summed E-state index contributed by atoms with van der Waals surface area (Å²) in [5.74, 6) is 0.494. The summed E-state index contributed by atoms with van der Waals surface area (Å²) in [7, 11) is 0. The molecule has 0 unspecified atom stereocenters. The highest BCUT2D eigenvalue weighted by atomic mass is 16.2. The molecule has 1 aromatic heterocycles. The third-order valence-corrected chi connectivity index (χ3v) is 1.64. The second-order valence-corrected chi connectivity index (χ2v) is 2.91. The Morgan fingerprint density at radius 1 is 1.71 bits per heavy atom. The number of carbonyl (C=O) groups is 1. The van der Waals surface area contributed by atoms with Crippen LogP contribution in [0, 0.1) is 0 Å². The van der Waals surface area contributed by atoms with Crippen molar-refractivity contribution in [1.29, 1.82) is 0 Å². The van der Waals surface area contributed by atoms with Gasteiger partial charge in [0.1, 0.15) is 12.9 Å². The van der Waals surface area contributed by atoms with Gasteiger partial charge in [-0.1, -0.05) is 6.92 Å². The van der Waals surface area contributed by atoms with E-state index in [1.54, 1.807) is 0 Å². The summed E-state index contributed by atoms with van der Waals surface area (Å²) in [6, 6.07) is 0. The number of carbonyl (C=O) groups excluding carboxylic acids is 1. The maximum absolute atomic E-state index is 11.2. The van der Waals surface area contributed by atoms with Crippen molar-refractivity contribution in [3.63, 3.8) is 0 Å². The molecule has 1 amide bonds. The molecule has 3 N–H and O–H groups in total. The lowest BCUT2D eigenvalue weighted by atomic mass is 10.4. The van der Waals surface area contributed by atoms with Crippen LogP contribution in [0.15, 0.2) is 6.33 Å². The molecule has 0 aliphatic heterocycles. The molecule has 0 saturated heterocycles. The Morgan fingerprint density at radius 2 is 2.50 bits per heavy atom. The molecule has 78 valence electrons. The molecule has 1 aromatic rings. The van der Waals surface area contributed by atoms with Crippen LogP contribution in [0.3, 0.4) is 0 Å². The lowest BCUT2D eigenvalue weighted by molar-refractivity contribution is -0.121. The Balaban J connectivity index is 2.39. The normalized spacial score (nSPS) is 10.1. The van der Waals surface area contributed by atoms with Gasteiger partial charge in [0.05, 0.1) is 6.54 Å². The third kappa shape index (κ3) is 3.14. The number of amides is 1. The van der Waals surface area contributed by atoms with Crippen molar-refractivity contribution in [2.45, 2.75) is 26.4 Å². The number of hydrogen-bond donors (Lipinski definition) is 2. The van der Waals surface area contributed by atoms with Gasteiger partial charge in [-0.15, -0.1) is 0 Å².